The number of fused-ring (bicyclic) bond motifs is 1. The van der Waals surface area contributed by atoms with Gasteiger partial charge in [0.05, 0.1) is 11.2 Å². The van der Waals surface area contributed by atoms with Gasteiger partial charge in [0, 0.05) is 17.6 Å². The summed E-state index contributed by atoms with van der Waals surface area (Å²) in [5, 5.41) is 8.13. The number of rotatable bonds is 2. The molecule has 1 aliphatic rings. The molecule has 0 bridgehead atoms. The van der Waals surface area contributed by atoms with Crippen LogP contribution in [0.25, 0.3) is 10.9 Å². The molecule has 1 fully saturated rings. The van der Waals surface area contributed by atoms with Crippen molar-refractivity contribution < 1.29 is 0 Å². The van der Waals surface area contributed by atoms with Crippen LogP contribution in [0.2, 0.25) is 0 Å². The van der Waals surface area contributed by atoms with Crippen molar-refractivity contribution in [2.75, 3.05) is 5.73 Å². The first-order valence-electron chi connectivity index (χ1n) is 8.07. The summed E-state index contributed by atoms with van der Waals surface area (Å²) in [6, 6.07) is 2.33. The maximum absolute atomic E-state index is 6.11. The van der Waals surface area contributed by atoms with Gasteiger partial charge in [-0.3, -0.25) is 10.1 Å². The molecule has 0 aromatic carbocycles. The Morgan fingerprint density at radius 3 is 2.81 bits per heavy atom. The second-order valence-corrected chi connectivity index (χ2v) is 6.33. The molecule has 2 unspecified atom stereocenters. The van der Waals surface area contributed by atoms with E-state index in [9.17, 15) is 0 Å². The SMILES string of the molecule is Nc1n[nH]c2c(CC3CCCCC(N)CCC3)nccc12. The van der Waals surface area contributed by atoms with Crippen molar-refractivity contribution in [3.8, 4) is 0 Å². The van der Waals surface area contributed by atoms with Crippen LogP contribution in [0.4, 0.5) is 5.82 Å². The number of nitrogens with one attached hydrogen (secondary N) is 1. The molecule has 114 valence electrons. The lowest BCUT2D eigenvalue weighted by Crippen LogP contribution is -2.19. The molecule has 0 amide bonds. The van der Waals surface area contributed by atoms with Gasteiger partial charge >= 0.3 is 0 Å². The molecule has 5 heteroatoms. The smallest absolute Gasteiger partial charge is 0.153 e. The Morgan fingerprint density at radius 1 is 1.14 bits per heavy atom. The normalized spacial score (nSPS) is 24.4. The minimum absolute atomic E-state index is 0.401. The van der Waals surface area contributed by atoms with E-state index in [2.05, 4.69) is 15.2 Å². The molecular weight excluding hydrogens is 262 g/mol. The summed E-state index contributed by atoms with van der Waals surface area (Å²) < 4.78 is 0. The molecule has 3 rings (SSSR count). The van der Waals surface area contributed by atoms with Crippen LogP contribution in [0.3, 0.4) is 0 Å². The number of aromatic amines is 1. The number of anilines is 1. The number of nitrogens with two attached hydrogens (primary N) is 2. The summed E-state index contributed by atoms with van der Waals surface area (Å²) in [5.74, 6) is 1.26. The summed E-state index contributed by atoms with van der Waals surface area (Å²) in [6.45, 7) is 0. The minimum Gasteiger partial charge on any atom is -0.382 e. The fraction of sp³-hybridized carbons (Fsp3) is 0.625. The van der Waals surface area contributed by atoms with Crippen LogP contribution in [-0.2, 0) is 6.42 Å². The van der Waals surface area contributed by atoms with Crippen LogP contribution in [0.15, 0.2) is 12.3 Å². The molecule has 1 aliphatic carbocycles. The van der Waals surface area contributed by atoms with E-state index >= 15 is 0 Å². The summed E-state index contributed by atoms with van der Waals surface area (Å²) in [6.07, 6.45) is 11.5. The lowest BCUT2D eigenvalue weighted by molar-refractivity contribution is 0.421. The van der Waals surface area contributed by atoms with Crippen LogP contribution in [-0.4, -0.2) is 21.2 Å². The number of hydrogen-bond acceptors (Lipinski definition) is 4. The average molecular weight is 287 g/mol. The van der Waals surface area contributed by atoms with Crippen LogP contribution >= 0.6 is 0 Å². The van der Waals surface area contributed by atoms with Gasteiger partial charge in [-0.1, -0.05) is 32.1 Å². The minimum atomic E-state index is 0.401. The van der Waals surface area contributed by atoms with Crippen molar-refractivity contribution >= 4 is 16.7 Å². The van der Waals surface area contributed by atoms with E-state index in [0.717, 1.165) is 29.4 Å². The number of aromatic nitrogens is 3. The lowest BCUT2D eigenvalue weighted by atomic mass is 9.91. The highest BCUT2D eigenvalue weighted by Gasteiger charge is 2.17. The van der Waals surface area contributed by atoms with E-state index in [4.69, 9.17) is 11.5 Å². The van der Waals surface area contributed by atoms with Gasteiger partial charge in [0.25, 0.3) is 0 Å². The second kappa shape index (κ2) is 6.43. The fourth-order valence-electron chi connectivity index (χ4n) is 3.45. The van der Waals surface area contributed by atoms with Crippen molar-refractivity contribution in [2.45, 2.75) is 57.4 Å². The van der Waals surface area contributed by atoms with E-state index < -0.39 is 0 Å². The van der Waals surface area contributed by atoms with Crippen LogP contribution in [0, 0.1) is 5.92 Å². The van der Waals surface area contributed by atoms with Crippen molar-refractivity contribution in [3.05, 3.63) is 18.0 Å². The van der Waals surface area contributed by atoms with E-state index in [1.165, 1.54) is 38.5 Å². The fourth-order valence-corrected chi connectivity index (χ4v) is 3.45. The highest BCUT2D eigenvalue weighted by molar-refractivity contribution is 5.89. The van der Waals surface area contributed by atoms with Gasteiger partial charge in [-0.25, -0.2) is 0 Å². The van der Waals surface area contributed by atoms with E-state index in [-0.39, 0.29) is 0 Å². The topological polar surface area (TPSA) is 93.6 Å². The van der Waals surface area contributed by atoms with Gasteiger partial charge < -0.3 is 11.5 Å². The molecule has 0 aliphatic heterocycles. The quantitative estimate of drug-likeness (QED) is 0.791. The Hall–Kier alpha value is -1.62. The van der Waals surface area contributed by atoms with E-state index in [1.807, 2.05) is 12.3 Å². The molecular formula is C16H25N5. The van der Waals surface area contributed by atoms with Gasteiger partial charge in [0.2, 0.25) is 0 Å². The maximum Gasteiger partial charge on any atom is 0.153 e. The van der Waals surface area contributed by atoms with Crippen molar-refractivity contribution in [2.24, 2.45) is 11.7 Å². The zero-order chi connectivity index (χ0) is 14.7. The first-order valence-corrected chi connectivity index (χ1v) is 8.07. The zero-order valence-corrected chi connectivity index (χ0v) is 12.5. The summed E-state index contributed by atoms with van der Waals surface area (Å²) in [5.41, 5.74) is 14.1. The van der Waals surface area contributed by atoms with Crippen LogP contribution in [0.1, 0.15) is 50.6 Å². The third-order valence-corrected chi connectivity index (χ3v) is 4.70. The standard InChI is InChI=1S/C16H25N5/c17-12-6-2-1-4-11(5-3-7-12)10-14-15-13(8-9-19-14)16(18)21-20-15/h8-9,11-12H,1-7,10,17H2,(H3,18,20,21). The molecule has 2 atom stereocenters. The predicted octanol–water partition coefficient (Wildman–Crippen LogP) is 2.77. The molecule has 2 aromatic heterocycles. The third kappa shape index (κ3) is 3.35. The maximum atomic E-state index is 6.11. The van der Waals surface area contributed by atoms with Crippen molar-refractivity contribution in [3.63, 3.8) is 0 Å². The molecule has 0 spiro atoms. The molecule has 0 radical (unpaired) electrons. The van der Waals surface area contributed by atoms with E-state index in [0.29, 0.717) is 17.8 Å². The average Bonchev–Trinajstić information content (AvgIpc) is 2.89. The number of nitrogens with zero attached hydrogens (tertiary/aromatic N) is 2. The lowest BCUT2D eigenvalue weighted by Gasteiger charge is -2.15. The Kier molecular flexibility index (Phi) is 4.39. The third-order valence-electron chi connectivity index (χ3n) is 4.70. The molecule has 2 aromatic rings. The Labute approximate surface area is 125 Å². The predicted molar refractivity (Wildman–Crippen MR) is 85.8 cm³/mol. The number of hydrogen-bond donors (Lipinski definition) is 3. The van der Waals surface area contributed by atoms with Gasteiger partial charge in [-0.2, -0.15) is 5.10 Å². The number of nitrogen functional groups attached to an aromatic ring is 1. The van der Waals surface area contributed by atoms with Gasteiger partial charge in [0.15, 0.2) is 5.82 Å². The molecule has 2 heterocycles. The largest absolute Gasteiger partial charge is 0.382 e. The summed E-state index contributed by atoms with van der Waals surface area (Å²) in [7, 11) is 0. The second-order valence-electron chi connectivity index (χ2n) is 6.33. The first kappa shape index (κ1) is 14.3. The molecule has 21 heavy (non-hydrogen) atoms. The summed E-state index contributed by atoms with van der Waals surface area (Å²) >= 11 is 0. The Morgan fingerprint density at radius 2 is 1.90 bits per heavy atom. The number of pyridine rings is 1. The van der Waals surface area contributed by atoms with Gasteiger partial charge in [-0.05, 0) is 31.2 Å². The first-order chi connectivity index (χ1) is 10.2. The number of H-pyrrole nitrogens is 1. The van der Waals surface area contributed by atoms with Crippen LogP contribution in [0.5, 0.6) is 0 Å². The van der Waals surface area contributed by atoms with Crippen molar-refractivity contribution in [1.29, 1.82) is 0 Å². The monoisotopic (exact) mass is 287 g/mol. The Balaban J connectivity index is 1.74. The highest BCUT2D eigenvalue weighted by Crippen LogP contribution is 2.27. The Bertz CT molecular complexity index is 591. The summed E-state index contributed by atoms with van der Waals surface area (Å²) in [4.78, 5) is 4.56. The van der Waals surface area contributed by atoms with Crippen molar-refractivity contribution in [1.82, 2.24) is 15.2 Å². The molecule has 0 saturated heterocycles. The van der Waals surface area contributed by atoms with Gasteiger partial charge in [-0.15, -0.1) is 0 Å². The highest BCUT2D eigenvalue weighted by atomic mass is 15.2. The molecule has 5 N–H and O–H groups in total. The van der Waals surface area contributed by atoms with Crippen LogP contribution < -0.4 is 11.5 Å². The zero-order valence-electron chi connectivity index (χ0n) is 12.5. The molecule has 5 nitrogen and oxygen atoms in total. The van der Waals surface area contributed by atoms with Gasteiger partial charge in [0.1, 0.15) is 0 Å². The molecule has 1 saturated carbocycles. The van der Waals surface area contributed by atoms with E-state index in [1.54, 1.807) is 0 Å².